The van der Waals surface area contributed by atoms with Crippen molar-refractivity contribution in [2.45, 2.75) is 19.9 Å². The molecule has 2 aromatic carbocycles. The molecule has 1 unspecified atom stereocenters. The summed E-state index contributed by atoms with van der Waals surface area (Å²) in [6.45, 7) is 3.82. The number of carbonyl (C=O) groups is 1. The zero-order chi connectivity index (χ0) is 15.4. The molecule has 0 aliphatic rings. The first-order valence-corrected chi connectivity index (χ1v) is 6.86. The van der Waals surface area contributed by atoms with Gasteiger partial charge in [-0.05, 0) is 44.7 Å². The molecule has 0 aliphatic heterocycles. The summed E-state index contributed by atoms with van der Waals surface area (Å²) < 4.78 is 13.8. The molecule has 0 aromatic heterocycles. The Labute approximate surface area is 124 Å². The third kappa shape index (κ3) is 3.47. The van der Waals surface area contributed by atoms with Crippen molar-refractivity contribution in [2.75, 3.05) is 12.4 Å². The van der Waals surface area contributed by atoms with Gasteiger partial charge in [0.2, 0.25) is 0 Å². The minimum Gasteiger partial charge on any atom is -0.322 e. The van der Waals surface area contributed by atoms with Crippen molar-refractivity contribution in [3.63, 3.8) is 0 Å². The van der Waals surface area contributed by atoms with Crippen LogP contribution >= 0.6 is 0 Å². The summed E-state index contributed by atoms with van der Waals surface area (Å²) in [5.41, 5.74) is 2.55. The molecule has 110 valence electrons. The molecular formula is C17H19FN2O. The Morgan fingerprint density at radius 2 is 1.90 bits per heavy atom. The van der Waals surface area contributed by atoms with Gasteiger partial charge in [-0.15, -0.1) is 0 Å². The topological polar surface area (TPSA) is 41.1 Å². The molecule has 0 bridgehead atoms. The van der Waals surface area contributed by atoms with Gasteiger partial charge in [-0.1, -0.05) is 29.8 Å². The van der Waals surface area contributed by atoms with E-state index < -0.39 is 11.7 Å². The van der Waals surface area contributed by atoms with Crippen LogP contribution in [0.5, 0.6) is 0 Å². The van der Waals surface area contributed by atoms with Crippen LogP contribution in [0.2, 0.25) is 0 Å². The average Bonchev–Trinajstić information content (AvgIpc) is 2.49. The lowest BCUT2D eigenvalue weighted by atomic mass is 10.1. The van der Waals surface area contributed by atoms with Crippen LogP contribution in [0.1, 0.15) is 34.5 Å². The highest BCUT2D eigenvalue weighted by Gasteiger charge is 2.15. The maximum atomic E-state index is 13.8. The van der Waals surface area contributed by atoms with E-state index in [1.54, 1.807) is 12.1 Å². The van der Waals surface area contributed by atoms with Crippen molar-refractivity contribution in [2.24, 2.45) is 0 Å². The number of nitrogens with one attached hydrogen (secondary N) is 2. The maximum Gasteiger partial charge on any atom is 0.258 e. The van der Waals surface area contributed by atoms with Crippen LogP contribution in [0, 0.1) is 12.7 Å². The Bertz CT molecular complexity index is 655. The fourth-order valence-corrected chi connectivity index (χ4v) is 2.15. The molecule has 1 amide bonds. The van der Waals surface area contributed by atoms with E-state index in [0.717, 1.165) is 11.1 Å². The second-order valence-electron chi connectivity index (χ2n) is 5.04. The number of benzene rings is 2. The quantitative estimate of drug-likeness (QED) is 0.900. The lowest BCUT2D eigenvalue weighted by Crippen LogP contribution is -2.18. The van der Waals surface area contributed by atoms with Crippen LogP contribution in [0.15, 0.2) is 42.5 Å². The largest absolute Gasteiger partial charge is 0.322 e. The normalized spacial score (nSPS) is 12.0. The first-order chi connectivity index (χ1) is 10.0. The van der Waals surface area contributed by atoms with Crippen molar-refractivity contribution < 1.29 is 9.18 Å². The van der Waals surface area contributed by atoms with Gasteiger partial charge in [-0.3, -0.25) is 4.79 Å². The van der Waals surface area contributed by atoms with Crippen LogP contribution in [0.25, 0.3) is 0 Å². The van der Waals surface area contributed by atoms with E-state index >= 15 is 0 Å². The monoisotopic (exact) mass is 286 g/mol. The lowest BCUT2D eigenvalue weighted by Gasteiger charge is -2.16. The van der Waals surface area contributed by atoms with Crippen molar-refractivity contribution in [3.8, 4) is 0 Å². The van der Waals surface area contributed by atoms with Gasteiger partial charge in [0, 0.05) is 11.7 Å². The van der Waals surface area contributed by atoms with E-state index in [0.29, 0.717) is 5.69 Å². The summed E-state index contributed by atoms with van der Waals surface area (Å²) in [6.07, 6.45) is 0. The molecule has 0 saturated carbocycles. The van der Waals surface area contributed by atoms with Crippen molar-refractivity contribution in [1.29, 1.82) is 0 Å². The SMILES string of the molecule is CNC(C)c1ccccc1NC(=O)c1cc(C)ccc1F. The van der Waals surface area contributed by atoms with Gasteiger partial charge < -0.3 is 10.6 Å². The van der Waals surface area contributed by atoms with Crippen molar-refractivity contribution >= 4 is 11.6 Å². The molecule has 2 N–H and O–H groups in total. The van der Waals surface area contributed by atoms with E-state index in [9.17, 15) is 9.18 Å². The Kier molecular flexibility index (Phi) is 4.70. The Hall–Kier alpha value is -2.20. The summed E-state index contributed by atoms with van der Waals surface area (Å²) in [7, 11) is 1.85. The first-order valence-electron chi connectivity index (χ1n) is 6.86. The molecule has 0 fully saturated rings. The van der Waals surface area contributed by atoms with Crippen molar-refractivity contribution in [3.05, 3.63) is 65.0 Å². The molecule has 4 heteroatoms. The molecular weight excluding hydrogens is 267 g/mol. The molecule has 21 heavy (non-hydrogen) atoms. The van der Waals surface area contributed by atoms with Gasteiger partial charge >= 0.3 is 0 Å². The van der Waals surface area contributed by atoms with Crippen LogP contribution < -0.4 is 10.6 Å². The minimum atomic E-state index is -0.516. The summed E-state index contributed by atoms with van der Waals surface area (Å²) in [5.74, 6) is -0.954. The molecule has 0 aliphatic carbocycles. The number of carbonyl (C=O) groups excluding carboxylic acids is 1. The number of amides is 1. The Morgan fingerprint density at radius 3 is 2.62 bits per heavy atom. The van der Waals surface area contributed by atoms with Gasteiger partial charge in [0.25, 0.3) is 5.91 Å². The second kappa shape index (κ2) is 6.50. The highest BCUT2D eigenvalue weighted by Crippen LogP contribution is 2.23. The van der Waals surface area contributed by atoms with Gasteiger partial charge in [0.15, 0.2) is 0 Å². The van der Waals surface area contributed by atoms with Crippen LogP contribution in [0.4, 0.5) is 10.1 Å². The van der Waals surface area contributed by atoms with Crippen molar-refractivity contribution in [1.82, 2.24) is 5.32 Å². The van der Waals surface area contributed by atoms with Gasteiger partial charge in [0.1, 0.15) is 5.82 Å². The molecule has 0 spiro atoms. The standard InChI is InChI=1S/C17H19FN2O/c1-11-8-9-15(18)14(10-11)17(21)20-16-7-5-4-6-13(16)12(2)19-3/h4-10,12,19H,1-3H3,(H,20,21). The molecule has 2 rings (SSSR count). The first kappa shape index (κ1) is 15.2. The highest BCUT2D eigenvalue weighted by molar-refractivity contribution is 6.05. The predicted octanol–water partition coefficient (Wildman–Crippen LogP) is 3.67. The second-order valence-corrected chi connectivity index (χ2v) is 5.04. The van der Waals surface area contributed by atoms with Gasteiger partial charge in [0.05, 0.1) is 5.56 Å². The predicted molar refractivity (Wildman–Crippen MR) is 83.0 cm³/mol. The number of anilines is 1. The minimum absolute atomic E-state index is 0.0573. The fraction of sp³-hybridized carbons (Fsp3) is 0.235. The van der Waals surface area contributed by atoms with Crippen LogP contribution in [0.3, 0.4) is 0 Å². The van der Waals surface area contributed by atoms with E-state index in [4.69, 9.17) is 0 Å². The molecule has 1 atom stereocenters. The number of hydrogen-bond acceptors (Lipinski definition) is 2. The van der Waals surface area contributed by atoms with E-state index in [-0.39, 0.29) is 11.6 Å². The Morgan fingerprint density at radius 1 is 1.19 bits per heavy atom. The number of hydrogen-bond donors (Lipinski definition) is 2. The van der Waals surface area contributed by atoms with Gasteiger partial charge in [-0.25, -0.2) is 4.39 Å². The van der Waals surface area contributed by atoms with Crippen LogP contribution in [-0.2, 0) is 0 Å². The van der Waals surface area contributed by atoms with Crippen LogP contribution in [-0.4, -0.2) is 13.0 Å². The Balaban J connectivity index is 2.30. The fourth-order valence-electron chi connectivity index (χ4n) is 2.15. The third-order valence-electron chi connectivity index (χ3n) is 3.47. The number of halogens is 1. The number of rotatable bonds is 4. The molecule has 0 heterocycles. The molecule has 2 aromatic rings. The summed E-state index contributed by atoms with van der Waals surface area (Å²) >= 11 is 0. The number of para-hydroxylation sites is 1. The zero-order valence-electron chi connectivity index (χ0n) is 12.4. The number of aryl methyl sites for hydroxylation is 1. The third-order valence-corrected chi connectivity index (χ3v) is 3.47. The molecule has 0 saturated heterocycles. The average molecular weight is 286 g/mol. The lowest BCUT2D eigenvalue weighted by molar-refractivity contribution is 0.102. The molecule has 3 nitrogen and oxygen atoms in total. The van der Waals surface area contributed by atoms with E-state index in [1.165, 1.54) is 6.07 Å². The summed E-state index contributed by atoms with van der Waals surface area (Å²) in [5, 5.41) is 5.92. The van der Waals surface area contributed by atoms with E-state index in [2.05, 4.69) is 10.6 Å². The summed E-state index contributed by atoms with van der Waals surface area (Å²) in [4.78, 5) is 12.3. The summed E-state index contributed by atoms with van der Waals surface area (Å²) in [6, 6.07) is 12.1. The van der Waals surface area contributed by atoms with E-state index in [1.807, 2.05) is 45.2 Å². The van der Waals surface area contributed by atoms with Gasteiger partial charge in [-0.2, -0.15) is 0 Å². The molecule has 0 radical (unpaired) electrons. The smallest absolute Gasteiger partial charge is 0.258 e. The zero-order valence-corrected chi connectivity index (χ0v) is 12.4. The highest BCUT2D eigenvalue weighted by atomic mass is 19.1. The maximum absolute atomic E-state index is 13.8.